The molecule has 0 fully saturated rings. The molecule has 0 saturated carbocycles. The maximum absolute atomic E-state index is 12.9. The zero-order valence-electron chi connectivity index (χ0n) is 57.2. The number of ether oxygens (including phenoxy) is 4. The van der Waals surface area contributed by atoms with Crippen LogP contribution in [0.1, 0.15) is 258 Å². The predicted molar refractivity (Wildman–Crippen MR) is 379 cm³/mol. The molecule has 0 aliphatic carbocycles. The van der Waals surface area contributed by atoms with E-state index in [9.17, 15) is 19.5 Å². The molecular formula is C80H129NO8. The van der Waals surface area contributed by atoms with Crippen LogP contribution in [0.5, 0.6) is 0 Å². The second kappa shape index (κ2) is 68.6. The van der Waals surface area contributed by atoms with E-state index in [2.05, 4.69) is 184 Å². The van der Waals surface area contributed by atoms with Crippen molar-refractivity contribution in [2.75, 3.05) is 47.5 Å². The molecule has 9 heteroatoms. The fourth-order valence-electron chi connectivity index (χ4n) is 9.08. The van der Waals surface area contributed by atoms with Crippen molar-refractivity contribution in [3.63, 3.8) is 0 Å². The third kappa shape index (κ3) is 70.0. The van der Waals surface area contributed by atoms with Crippen molar-refractivity contribution in [3.8, 4) is 0 Å². The Morgan fingerprint density at radius 2 is 0.640 bits per heavy atom. The maximum atomic E-state index is 12.9. The van der Waals surface area contributed by atoms with Crippen LogP contribution in [0.2, 0.25) is 0 Å². The summed E-state index contributed by atoms with van der Waals surface area (Å²) in [6, 6.07) is 0. The van der Waals surface area contributed by atoms with E-state index >= 15 is 0 Å². The first-order valence-corrected chi connectivity index (χ1v) is 35.3. The average Bonchev–Trinajstić information content (AvgIpc) is 3.64. The number of hydrogen-bond donors (Lipinski definition) is 0. The van der Waals surface area contributed by atoms with Gasteiger partial charge in [0.2, 0.25) is 0 Å². The van der Waals surface area contributed by atoms with Crippen molar-refractivity contribution < 1.29 is 42.9 Å². The van der Waals surface area contributed by atoms with Gasteiger partial charge in [0.1, 0.15) is 13.2 Å². The van der Waals surface area contributed by atoms with Crippen LogP contribution in [0.25, 0.3) is 0 Å². The number of carboxylic acid groups (broad SMARTS) is 1. The number of allylic oxidation sites excluding steroid dienone is 28. The number of nitrogens with zero attached hydrogens (tertiary/aromatic N) is 1. The number of esters is 2. The van der Waals surface area contributed by atoms with Crippen LogP contribution < -0.4 is 5.11 Å². The number of carbonyl (C=O) groups is 3. The van der Waals surface area contributed by atoms with Crippen LogP contribution in [0, 0.1) is 0 Å². The topological polar surface area (TPSA) is 111 Å². The van der Waals surface area contributed by atoms with Crippen molar-refractivity contribution in [2.45, 2.75) is 270 Å². The van der Waals surface area contributed by atoms with Crippen LogP contribution in [-0.2, 0) is 33.3 Å². The van der Waals surface area contributed by atoms with Crippen molar-refractivity contribution in [1.29, 1.82) is 0 Å². The Morgan fingerprint density at radius 3 is 0.955 bits per heavy atom. The van der Waals surface area contributed by atoms with E-state index < -0.39 is 24.3 Å². The van der Waals surface area contributed by atoms with E-state index in [4.69, 9.17) is 18.9 Å². The third-order valence-electron chi connectivity index (χ3n) is 14.4. The lowest BCUT2D eigenvalue weighted by atomic mass is 10.1. The molecule has 502 valence electrons. The molecule has 0 aromatic heterocycles. The summed E-state index contributed by atoms with van der Waals surface area (Å²) in [5.41, 5.74) is 0. The predicted octanol–water partition coefficient (Wildman–Crippen LogP) is 20.9. The van der Waals surface area contributed by atoms with Crippen molar-refractivity contribution in [3.05, 3.63) is 170 Å². The molecule has 0 heterocycles. The highest BCUT2D eigenvalue weighted by molar-refractivity contribution is 5.70. The van der Waals surface area contributed by atoms with E-state index in [1.165, 1.54) is 77.0 Å². The van der Waals surface area contributed by atoms with Gasteiger partial charge in [-0.1, -0.05) is 280 Å². The Kier molecular flexibility index (Phi) is 64.4. The largest absolute Gasteiger partial charge is 0.545 e. The number of likely N-dealkylation sites (N-methyl/N-ethyl adjacent to an activating group) is 1. The summed E-state index contributed by atoms with van der Waals surface area (Å²) in [4.78, 5) is 37.5. The second-order valence-corrected chi connectivity index (χ2v) is 24.1. The van der Waals surface area contributed by atoms with Crippen molar-refractivity contribution in [2.24, 2.45) is 0 Å². The summed E-state index contributed by atoms with van der Waals surface area (Å²) in [7, 11) is 5.91. The van der Waals surface area contributed by atoms with Gasteiger partial charge in [-0.25, -0.2) is 0 Å². The molecule has 9 nitrogen and oxygen atoms in total. The summed E-state index contributed by atoms with van der Waals surface area (Å²) < 4.78 is 22.7. The van der Waals surface area contributed by atoms with Gasteiger partial charge in [-0.05, 0) is 135 Å². The minimum absolute atomic E-state index is 0.134. The fraction of sp³-hybridized carbons (Fsp3) is 0.613. The second-order valence-electron chi connectivity index (χ2n) is 24.1. The molecule has 2 atom stereocenters. The highest BCUT2D eigenvalue weighted by Gasteiger charge is 2.22. The fourth-order valence-corrected chi connectivity index (χ4v) is 9.08. The van der Waals surface area contributed by atoms with Gasteiger partial charge in [0.15, 0.2) is 12.4 Å². The van der Waals surface area contributed by atoms with Crippen molar-refractivity contribution in [1.82, 2.24) is 0 Å². The smallest absolute Gasteiger partial charge is 0.306 e. The molecule has 0 aromatic carbocycles. The first-order valence-electron chi connectivity index (χ1n) is 35.3. The lowest BCUT2D eigenvalue weighted by molar-refractivity contribution is -0.870. The minimum atomic E-state index is -1.64. The molecule has 0 radical (unpaired) electrons. The zero-order valence-corrected chi connectivity index (χ0v) is 57.2. The SMILES string of the molecule is CC/C=C\C/C=C\C/C=C\C/C=C\C/C=C\C/C=C\C/C=C\C/C=C\C/C=C\C/C=C\C/C=C\CCCCCCCC(=O)OC(COC(=O)CCCCCCCCCCCC/C=C\C/C=C\C/C=C\CCCCCCC)COC(OCC[N+](C)(C)C)C(=O)[O-]. The molecule has 89 heavy (non-hydrogen) atoms. The number of aliphatic carboxylic acids is 1. The Labute approximate surface area is 546 Å². The number of carboxylic acids is 1. The summed E-state index contributed by atoms with van der Waals surface area (Å²) in [6.07, 6.45) is 99.9. The lowest BCUT2D eigenvalue weighted by Gasteiger charge is -2.26. The standard InChI is InChI=1S/C80H129NO8/c1-6-8-10-12-14-16-18-20-22-24-26-28-30-32-33-34-35-36-37-38-39-40-41-42-43-44-45-47-49-51-53-55-57-59-61-63-65-67-69-71-78(83)89-76(75-88-80(79(84)85)86-73-72-81(3,4)5)74-87-77(82)70-68-66-64-62-60-58-56-54-52-50-48-46-31-29-27-25-23-21-19-17-15-13-11-9-7-2/h8,10,14,16,19-22,25-28,31-33,35-36,38-39,41-42,44-46,49,51,55,57,76,80H,6-7,9,11-13,15,17-18,23-24,29-30,34,37,40,43,47-48,50,52-54,56,58-75H2,1-5H3/b10-8-,16-14-,21-19-,22-20-,27-25-,28-26-,33-32-,36-35-,39-38-,42-41-,45-44-,46-31-,51-49-,57-55-. The maximum Gasteiger partial charge on any atom is 0.306 e. The monoisotopic (exact) mass is 1230 g/mol. The van der Waals surface area contributed by atoms with E-state index in [0.29, 0.717) is 17.4 Å². The average molecular weight is 1230 g/mol. The summed E-state index contributed by atoms with van der Waals surface area (Å²) in [5, 5.41) is 11.8. The molecule has 0 amide bonds. The Balaban J connectivity index is 4.25. The first-order chi connectivity index (χ1) is 43.6. The van der Waals surface area contributed by atoms with Gasteiger partial charge < -0.3 is 33.3 Å². The summed E-state index contributed by atoms with van der Waals surface area (Å²) >= 11 is 0. The number of unbranched alkanes of at least 4 members (excludes halogenated alkanes) is 20. The molecule has 0 spiro atoms. The number of rotatable bonds is 63. The normalized spacial score (nSPS) is 13.8. The molecule has 0 aliphatic rings. The van der Waals surface area contributed by atoms with Crippen LogP contribution in [0.4, 0.5) is 0 Å². The van der Waals surface area contributed by atoms with Gasteiger partial charge in [0.25, 0.3) is 0 Å². The quantitative estimate of drug-likeness (QED) is 0.0195. The molecular weight excluding hydrogens is 1100 g/mol. The van der Waals surface area contributed by atoms with Crippen LogP contribution >= 0.6 is 0 Å². The Bertz CT molecular complexity index is 2070. The van der Waals surface area contributed by atoms with E-state index in [-0.39, 0.29) is 38.6 Å². The van der Waals surface area contributed by atoms with Crippen molar-refractivity contribution >= 4 is 17.9 Å². The molecule has 0 aromatic rings. The highest BCUT2D eigenvalue weighted by Crippen LogP contribution is 2.15. The van der Waals surface area contributed by atoms with Crippen LogP contribution in [0.15, 0.2) is 170 Å². The van der Waals surface area contributed by atoms with Gasteiger partial charge in [-0.15, -0.1) is 0 Å². The Hall–Kier alpha value is -5.35. The van der Waals surface area contributed by atoms with E-state index in [0.717, 1.165) is 148 Å². The molecule has 0 rings (SSSR count). The van der Waals surface area contributed by atoms with Gasteiger partial charge >= 0.3 is 11.9 Å². The van der Waals surface area contributed by atoms with E-state index in [1.807, 2.05) is 21.1 Å². The number of carbonyl (C=O) groups excluding carboxylic acids is 3. The van der Waals surface area contributed by atoms with Gasteiger partial charge in [0.05, 0.1) is 40.3 Å². The minimum Gasteiger partial charge on any atom is -0.545 e. The molecule has 0 bridgehead atoms. The molecule has 0 saturated heterocycles. The van der Waals surface area contributed by atoms with Gasteiger partial charge in [-0.2, -0.15) is 0 Å². The number of quaternary nitrogens is 1. The molecule has 2 unspecified atom stereocenters. The van der Waals surface area contributed by atoms with Gasteiger partial charge in [-0.3, -0.25) is 9.59 Å². The summed E-state index contributed by atoms with van der Waals surface area (Å²) in [6.45, 7) is 4.58. The van der Waals surface area contributed by atoms with E-state index in [1.54, 1.807) is 0 Å². The zero-order chi connectivity index (χ0) is 64.7. The Morgan fingerprint density at radius 1 is 0.348 bits per heavy atom. The van der Waals surface area contributed by atoms with Crippen LogP contribution in [-0.4, -0.2) is 82.3 Å². The molecule has 0 aliphatic heterocycles. The summed E-state index contributed by atoms with van der Waals surface area (Å²) in [5.74, 6) is -2.33. The highest BCUT2D eigenvalue weighted by atomic mass is 16.7. The lowest BCUT2D eigenvalue weighted by Crippen LogP contribution is -2.44. The van der Waals surface area contributed by atoms with Crippen LogP contribution in [0.3, 0.4) is 0 Å². The third-order valence-corrected chi connectivity index (χ3v) is 14.4. The molecule has 0 N–H and O–H groups in total. The number of hydrogen-bond acceptors (Lipinski definition) is 8. The first kappa shape index (κ1) is 83.7. The van der Waals surface area contributed by atoms with Gasteiger partial charge in [0, 0.05) is 12.8 Å².